The van der Waals surface area contributed by atoms with Crippen LogP contribution in [0.1, 0.15) is 20.7 Å². The fourth-order valence-corrected chi connectivity index (χ4v) is 2.41. The van der Waals surface area contributed by atoms with E-state index in [1.807, 2.05) is 0 Å². The summed E-state index contributed by atoms with van der Waals surface area (Å²) in [6.45, 7) is 0. The number of carbonyl (C=O) groups is 2. The molecule has 0 aliphatic carbocycles. The van der Waals surface area contributed by atoms with Crippen molar-refractivity contribution in [3.05, 3.63) is 59.7 Å². The van der Waals surface area contributed by atoms with Crippen LogP contribution in [0, 0.1) is 0 Å². The highest BCUT2D eigenvalue weighted by Crippen LogP contribution is 2.29. The summed E-state index contributed by atoms with van der Waals surface area (Å²) < 4.78 is 0. The number of hydrogen-bond acceptors (Lipinski definition) is 2. The van der Waals surface area contributed by atoms with E-state index in [9.17, 15) is 14.7 Å². The third-order valence-electron chi connectivity index (χ3n) is 3.34. The second kappa shape index (κ2) is 4.35. The second-order valence-corrected chi connectivity index (χ2v) is 4.52. The molecule has 0 aromatic heterocycles. The maximum Gasteiger partial charge on any atom is 0.336 e. The van der Waals surface area contributed by atoms with Gasteiger partial charge in [-0.3, -0.25) is 0 Å². The van der Waals surface area contributed by atoms with Gasteiger partial charge in [0.25, 0.3) is 0 Å². The van der Waals surface area contributed by atoms with E-state index in [2.05, 4.69) is 0 Å². The van der Waals surface area contributed by atoms with Gasteiger partial charge in [0.2, 0.25) is 0 Å². The van der Waals surface area contributed by atoms with Gasteiger partial charge < -0.3 is 10.2 Å². The lowest BCUT2D eigenvalue weighted by molar-refractivity contribution is 0.0687. The molecule has 0 bridgehead atoms. The first-order valence-electron chi connectivity index (χ1n) is 6.00. The fourth-order valence-electron chi connectivity index (χ4n) is 2.41. The number of carboxylic acids is 2. The van der Waals surface area contributed by atoms with Gasteiger partial charge >= 0.3 is 11.9 Å². The molecule has 3 aromatic carbocycles. The van der Waals surface area contributed by atoms with Crippen molar-refractivity contribution in [2.24, 2.45) is 0 Å². The molecule has 0 radical (unpaired) electrons. The summed E-state index contributed by atoms with van der Waals surface area (Å²) in [6, 6.07) is 13.4. The number of rotatable bonds is 2. The van der Waals surface area contributed by atoms with E-state index in [1.165, 1.54) is 6.07 Å². The van der Waals surface area contributed by atoms with Crippen LogP contribution in [0.4, 0.5) is 0 Å². The third-order valence-corrected chi connectivity index (χ3v) is 3.34. The molecule has 2 N–H and O–H groups in total. The number of benzene rings is 3. The van der Waals surface area contributed by atoms with Crippen molar-refractivity contribution in [2.75, 3.05) is 0 Å². The monoisotopic (exact) mass is 266 g/mol. The van der Waals surface area contributed by atoms with E-state index in [4.69, 9.17) is 5.11 Å². The van der Waals surface area contributed by atoms with Gasteiger partial charge in [-0.1, -0.05) is 30.3 Å². The molecule has 0 amide bonds. The number of fused-ring (bicyclic) bond motifs is 3. The third kappa shape index (κ3) is 1.78. The van der Waals surface area contributed by atoms with Crippen LogP contribution >= 0.6 is 0 Å². The van der Waals surface area contributed by atoms with Crippen molar-refractivity contribution >= 4 is 33.5 Å². The molecule has 4 nitrogen and oxygen atoms in total. The first kappa shape index (κ1) is 12.2. The highest BCUT2D eigenvalue weighted by molar-refractivity contribution is 6.16. The predicted molar refractivity (Wildman–Crippen MR) is 75.4 cm³/mol. The van der Waals surface area contributed by atoms with E-state index in [0.717, 1.165) is 10.8 Å². The Morgan fingerprint density at radius 1 is 0.750 bits per heavy atom. The first-order chi connectivity index (χ1) is 9.58. The standard InChI is InChI=1S/C16H10O4/c17-15(18)10-6-5-9-7-14(16(19)20)12-4-2-1-3-11(12)13(9)8-10/h1-8H,(H,17,18)(H,19,20). The summed E-state index contributed by atoms with van der Waals surface area (Å²) in [5.41, 5.74) is 0.405. The Morgan fingerprint density at radius 3 is 2.10 bits per heavy atom. The maximum atomic E-state index is 11.3. The average Bonchev–Trinajstić information content (AvgIpc) is 2.45. The van der Waals surface area contributed by atoms with Gasteiger partial charge in [-0.15, -0.1) is 0 Å². The summed E-state index contributed by atoms with van der Waals surface area (Å²) in [5, 5.41) is 21.2. The van der Waals surface area contributed by atoms with Crippen molar-refractivity contribution in [3.63, 3.8) is 0 Å². The summed E-state index contributed by atoms with van der Waals surface area (Å²) in [7, 11) is 0. The molecule has 0 atom stereocenters. The summed E-state index contributed by atoms with van der Waals surface area (Å²) in [5.74, 6) is -2.00. The van der Waals surface area contributed by atoms with Crippen molar-refractivity contribution < 1.29 is 19.8 Å². The van der Waals surface area contributed by atoms with E-state index >= 15 is 0 Å². The molecule has 98 valence electrons. The Bertz CT molecular complexity index is 865. The molecular formula is C16H10O4. The highest BCUT2D eigenvalue weighted by Gasteiger charge is 2.13. The van der Waals surface area contributed by atoms with Crippen molar-refractivity contribution in [3.8, 4) is 0 Å². The summed E-state index contributed by atoms with van der Waals surface area (Å²) in [4.78, 5) is 22.4. The fraction of sp³-hybridized carbons (Fsp3) is 0. The van der Waals surface area contributed by atoms with Crippen LogP contribution in [0.5, 0.6) is 0 Å². The van der Waals surface area contributed by atoms with Crippen molar-refractivity contribution in [2.45, 2.75) is 0 Å². The Morgan fingerprint density at radius 2 is 1.45 bits per heavy atom. The van der Waals surface area contributed by atoms with Gasteiger partial charge in [0.1, 0.15) is 0 Å². The number of hydrogen-bond donors (Lipinski definition) is 2. The summed E-state index contributed by atoms with van der Waals surface area (Å²) in [6.07, 6.45) is 0. The Hall–Kier alpha value is -2.88. The zero-order valence-electron chi connectivity index (χ0n) is 10.3. The van der Waals surface area contributed by atoms with Gasteiger partial charge in [0.05, 0.1) is 11.1 Å². The minimum atomic E-state index is -1.00. The largest absolute Gasteiger partial charge is 0.478 e. The smallest absolute Gasteiger partial charge is 0.336 e. The van der Waals surface area contributed by atoms with Crippen LogP contribution in [0.2, 0.25) is 0 Å². The molecule has 0 spiro atoms. The van der Waals surface area contributed by atoms with E-state index in [1.54, 1.807) is 42.5 Å². The molecule has 0 unspecified atom stereocenters. The molecule has 0 saturated carbocycles. The lowest BCUT2D eigenvalue weighted by Gasteiger charge is -2.08. The molecule has 0 saturated heterocycles. The Kier molecular flexibility index (Phi) is 2.64. The summed E-state index contributed by atoms with van der Waals surface area (Å²) >= 11 is 0. The molecule has 20 heavy (non-hydrogen) atoms. The van der Waals surface area contributed by atoms with E-state index in [-0.39, 0.29) is 11.1 Å². The zero-order valence-corrected chi connectivity index (χ0v) is 10.3. The molecule has 0 aliphatic heterocycles. The molecule has 0 heterocycles. The first-order valence-corrected chi connectivity index (χ1v) is 6.00. The van der Waals surface area contributed by atoms with E-state index in [0.29, 0.717) is 10.8 Å². The molecular weight excluding hydrogens is 256 g/mol. The van der Waals surface area contributed by atoms with Gasteiger partial charge in [-0.25, -0.2) is 9.59 Å². The van der Waals surface area contributed by atoms with Crippen molar-refractivity contribution in [1.29, 1.82) is 0 Å². The lowest BCUT2D eigenvalue weighted by Crippen LogP contribution is -1.99. The maximum absolute atomic E-state index is 11.3. The Labute approximate surface area is 113 Å². The lowest BCUT2D eigenvalue weighted by atomic mass is 9.96. The normalized spacial score (nSPS) is 10.8. The molecule has 3 rings (SSSR count). The van der Waals surface area contributed by atoms with Crippen LogP contribution in [-0.4, -0.2) is 22.2 Å². The topological polar surface area (TPSA) is 74.6 Å². The van der Waals surface area contributed by atoms with Crippen LogP contribution in [-0.2, 0) is 0 Å². The zero-order chi connectivity index (χ0) is 14.3. The van der Waals surface area contributed by atoms with Crippen molar-refractivity contribution in [1.82, 2.24) is 0 Å². The highest BCUT2D eigenvalue weighted by atomic mass is 16.4. The van der Waals surface area contributed by atoms with Crippen LogP contribution in [0.15, 0.2) is 48.5 Å². The van der Waals surface area contributed by atoms with Crippen LogP contribution in [0.25, 0.3) is 21.5 Å². The second-order valence-electron chi connectivity index (χ2n) is 4.52. The minimum absolute atomic E-state index is 0.186. The molecule has 4 heteroatoms. The van der Waals surface area contributed by atoms with E-state index < -0.39 is 11.9 Å². The quantitative estimate of drug-likeness (QED) is 0.697. The predicted octanol–water partition coefficient (Wildman–Crippen LogP) is 3.39. The minimum Gasteiger partial charge on any atom is -0.478 e. The van der Waals surface area contributed by atoms with Gasteiger partial charge in [0, 0.05) is 0 Å². The SMILES string of the molecule is O=C(O)c1ccc2cc(C(=O)O)c3ccccc3c2c1. The molecule has 0 fully saturated rings. The van der Waals surface area contributed by atoms with Gasteiger partial charge in [-0.2, -0.15) is 0 Å². The molecule has 0 aliphatic rings. The van der Waals surface area contributed by atoms with Crippen LogP contribution < -0.4 is 0 Å². The van der Waals surface area contributed by atoms with Crippen LogP contribution in [0.3, 0.4) is 0 Å². The number of aromatic carboxylic acids is 2. The molecule has 3 aromatic rings. The van der Waals surface area contributed by atoms with Gasteiger partial charge in [0.15, 0.2) is 0 Å². The Balaban J connectivity index is 2.50. The number of carboxylic acid groups (broad SMARTS) is 2. The van der Waals surface area contributed by atoms with Gasteiger partial charge in [-0.05, 0) is 39.7 Å². The average molecular weight is 266 g/mol.